The Labute approximate surface area is 156 Å². The summed E-state index contributed by atoms with van der Waals surface area (Å²) in [5.41, 5.74) is -0.433. The lowest BCUT2D eigenvalue weighted by molar-refractivity contribution is -0.135. The van der Waals surface area contributed by atoms with Crippen LogP contribution in [0.4, 0.5) is 11.4 Å². The van der Waals surface area contributed by atoms with Gasteiger partial charge in [-0.3, -0.25) is 9.59 Å². The normalized spacial score (nSPS) is 10.4. The van der Waals surface area contributed by atoms with Crippen LogP contribution in [-0.4, -0.2) is 24.9 Å². The molecule has 0 saturated carbocycles. The first-order chi connectivity index (χ1) is 12.8. The summed E-state index contributed by atoms with van der Waals surface area (Å²) in [6, 6.07) is 14.8. The van der Waals surface area contributed by atoms with Gasteiger partial charge in [0.05, 0.1) is 29.6 Å². The highest BCUT2D eigenvalue weighted by molar-refractivity contribution is 6.15. The quantitative estimate of drug-likeness (QED) is 0.625. The predicted molar refractivity (Wildman–Crippen MR) is 100.0 cm³/mol. The largest absolute Gasteiger partial charge is 0.465 e. The molecule has 2 amide bonds. The van der Waals surface area contributed by atoms with Gasteiger partial charge in [-0.25, -0.2) is 4.79 Å². The fraction of sp³-hybridized carbons (Fsp3) is 0.200. The predicted octanol–water partition coefficient (Wildman–Crippen LogP) is 2.95. The van der Waals surface area contributed by atoms with Crippen molar-refractivity contribution >= 4 is 29.2 Å². The maximum absolute atomic E-state index is 12.7. The van der Waals surface area contributed by atoms with E-state index in [0.717, 1.165) is 0 Å². The van der Waals surface area contributed by atoms with Crippen molar-refractivity contribution in [2.75, 3.05) is 17.7 Å². The molecular weight excluding hydrogens is 346 g/mol. The number of hydrogen-bond donors (Lipinski definition) is 2. The average molecular weight is 365 g/mol. The van der Waals surface area contributed by atoms with E-state index in [1.807, 2.05) is 6.07 Å². The molecule has 2 N–H and O–H groups in total. The summed E-state index contributed by atoms with van der Waals surface area (Å²) >= 11 is 0. The third-order valence-corrected chi connectivity index (χ3v) is 4.01. The SMILES string of the molecule is COC(=O)c1ccccc1NC(=O)C(C)(C)C(=O)Nc1ccccc1C#N. The molecule has 0 unspecified atom stereocenters. The van der Waals surface area contributed by atoms with Gasteiger partial charge in [-0.15, -0.1) is 0 Å². The molecule has 2 aromatic carbocycles. The van der Waals surface area contributed by atoms with E-state index in [-0.39, 0.29) is 16.8 Å². The van der Waals surface area contributed by atoms with Gasteiger partial charge in [0, 0.05) is 0 Å². The molecule has 0 radical (unpaired) electrons. The first-order valence-corrected chi connectivity index (χ1v) is 8.10. The van der Waals surface area contributed by atoms with Crippen LogP contribution in [0.2, 0.25) is 0 Å². The molecule has 0 bridgehead atoms. The summed E-state index contributed by atoms with van der Waals surface area (Å²) in [4.78, 5) is 37.2. The van der Waals surface area contributed by atoms with Crippen LogP contribution in [0.1, 0.15) is 29.8 Å². The molecule has 0 aliphatic heterocycles. The van der Waals surface area contributed by atoms with E-state index in [2.05, 4.69) is 10.6 Å². The van der Waals surface area contributed by atoms with Crippen molar-refractivity contribution in [1.29, 1.82) is 5.26 Å². The highest BCUT2D eigenvalue weighted by atomic mass is 16.5. The molecule has 0 heterocycles. The minimum absolute atomic E-state index is 0.180. The van der Waals surface area contributed by atoms with Crippen molar-refractivity contribution in [3.63, 3.8) is 0 Å². The summed E-state index contributed by atoms with van der Waals surface area (Å²) in [6.07, 6.45) is 0. The molecule has 27 heavy (non-hydrogen) atoms. The molecule has 2 rings (SSSR count). The zero-order chi connectivity index (χ0) is 20.0. The highest BCUT2D eigenvalue weighted by Crippen LogP contribution is 2.24. The Morgan fingerprint density at radius 1 is 0.926 bits per heavy atom. The number of nitriles is 1. The minimum Gasteiger partial charge on any atom is -0.465 e. The Hall–Kier alpha value is -3.66. The maximum Gasteiger partial charge on any atom is 0.339 e. The van der Waals surface area contributed by atoms with Gasteiger partial charge < -0.3 is 15.4 Å². The topological polar surface area (TPSA) is 108 Å². The molecule has 7 heteroatoms. The number of nitrogens with one attached hydrogen (secondary N) is 2. The van der Waals surface area contributed by atoms with Crippen molar-refractivity contribution in [2.45, 2.75) is 13.8 Å². The highest BCUT2D eigenvalue weighted by Gasteiger charge is 2.37. The Morgan fingerprint density at radius 2 is 1.44 bits per heavy atom. The Kier molecular flexibility index (Phi) is 5.93. The summed E-state index contributed by atoms with van der Waals surface area (Å²) in [6.45, 7) is 2.90. The lowest BCUT2D eigenvalue weighted by atomic mass is 9.90. The molecule has 0 aliphatic rings. The monoisotopic (exact) mass is 365 g/mol. The van der Waals surface area contributed by atoms with Crippen molar-refractivity contribution in [3.05, 3.63) is 59.7 Å². The molecule has 138 valence electrons. The van der Waals surface area contributed by atoms with Crippen LogP contribution in [-0.2, 0) is 14.3 Å². The minimum atomic E-state index is -1.47. The fourth-order valence-electron chi connectivity index (χ4n) is 2.23. The molecule has 0 fully saturated rings. The molecular formula is C20H19N3O4. The number of esters is 1. The van der Waals surface area contributed by atoms with Crippen LogP contribution in [0, 0.1) is 16.7 Å². The van der Waals surface area contributed by atoms with Gasteiger partial charge in [0.25, 0.3) is 0 Å². The summed E-state index contributed by atoms with van der Waals surface area (Å²) in [5.74, 6) is -1.79. The van der Waals surface area contributed by atoms with Crippen LogP contribution < -0.4 is 10.6 Å². The Morgan fingerprint density at radius 3 is 2.04 bits per heavy atom. The number of rotatable bonds is 5. The fourth-order valence-corrected chi connectivity index (χ4v) is 2.23. The average Bonchev–Trinajstić information content (AvgIpc) is 2.68. The number of methoxy groups -OCH3 is 1. The molecule has 0 atom stereocenters. The number of benzene rings is 2. The summed E-state index contributed by atoms with van der Waals surface area (Å²) < 4.78 is 4.70. The van der Waals surface area contributed by atoms with E-state index >= 15 is 0 Å². The second kappa shape index (κ2) is 8.15. The van der Waals surface area contributed by atoms with Gasteiger partial charge in [0.15, 0.2) is 0 Å². The van der Waals surface area contributed by atoms with E-state index in [1.165, 1.54) is 27.0 Å². The lowest BCUT2D eigenvalue weighted by Gasteiger charge is -2.23. The first kappa shape index (κ1) is 19.7. The molecule has 0 aliphatic carbocycles. The Bertz CT molecular complexity index is 929. The number of carbonyl (C=O) groups is 3. The van der Waals surface area contributed by atoms with Crippen LogP contribution in [0.25, 0.3) is 0 Å². The number of hydrogen-bond acceptors (Lipinski definition) is 5. The van der Waals surface area contributed by atoms with Crippen LogP contribution in [0.5, 0.6) is 0 Å². The number of nitrogens with zero attached hydrogens (tertiary/aromatic N) is 1. The van der Waals surface area contributed by atoms with Gasteiger partial charge in [-0.1, -0.05) is 24.3 Å². The van der Waals surface area contributed by atoms with Crippen molar-refractivity contribution in [2.24, 2.45) is 5.41 Å². The van der Waals surface area contributed by atoms with Gasteiger partial charge in [-0.05, 0) is 38.1 Å². The van der Waals surface area contributed by atoms with E-state index in [9.17, 15) is 14.4 Å². The number of para-hydroxylation sites is 2. The zero-order valence-corrected chi connectivity index (χ0v) is 15.2. The Balaban J connectivity index is 2.21. The van der Waals surface area contributed by atoms with Gasteiger partial charge in [0.2, 0.25) is 11.8 Å². The third kappa shape index (κ3) is 4.30. The van der Waals surface area contributed by atoms with E-state index < -0.39 is 23.2 Å². The number of carbonyl (C=O) groups excluding carboxylic acids is 3. The molecule has 0 saturated heterocycles. The van der Waals surface area contributed by atoms with Crippen molar-refractivity contribution in [1.82, 2.24) is 0 Å². The second-order valence-corrected chi connectivity index (χ2v) is 6.23. The van der Waals surface area contributed by atoms with Gasteiger partial charge in [0.1, 0.15) is 11.5 Å². The smallest absolute Gasteiger partial charge is 0.339 e. The van der Waals surface area contributed by atoms with Crippen molar-refractivity contribution < 1.29 is 19.1 Å². The summed E-state index contributed by atoms with van der Waals surface area (Å²) in [7, 11) is 1.24. The summed E-state index contributed by atoms with van der Waals surface area (Å²) in [5, 5.41) is 14.3. The van der Waals surface area contributed by atoms with Gasteiger partial charge >= 0.3 is 5.97 Å². The van der Waals surface area contributed by atoms with E-state index in [1.54, 1.807) is 42.5 Å². The standard InChI is InChI=1S/C20H19N3O4/c1-20(2,18(25)22-15-10-6-4-8-13(15)12-21)19(26)23-16-11-7-5-9-14(16)17(24)27-3/h4-11H,1-3H3,(H,22,25)(H,23,26). The van der Waals surface area contributed by atoms with Crippen LogP contribution >= 0.6 is 0 Å². The third-order valence-electron chi connectivity index (χ3n) is 4.01. The van der Waals surface area contributed by atoms with Gasteiger partial charge in [-0.2, -0.15) is 5.26 Å². The van der Waals surface area contributed by atoms with E-state index in [4.69, 9.17) is 10.00 Å². The van der Waals surface area contributed by atoms with E-state index in [0.29, 0.717) is 5.69 Å². The maximum atomic E-state index is 12.7. The lowest BCUT2D eigenvalue weighted by Crippen LogP contribution is -2.42. The number of amides is 2. The number of ether oxygens (including phenoxy) is 1. The van der Waals surface area contributed by atoms with Crippen LogP contribution in [0.15, 0.2) is 48.5 Å². The molecule has 2 aromatic rings. The van der Waals surface area contributed by atoms with Crippen molar-refractivity contribution in [3.8, 4) is 6.07 Å². The van der Waals surface area contributed by atoms with Crippen LogP contribution in [0.3, 0.4) is 0 Å². The first-order valence-electron chi connectivity index (χ1n) is 8.10. The molecule has 0 spiro atoms. The zero-order valence-electron chi connectivity index (χ0n) is 15.2. The number of anilines is 2. The molecule has 7 nitrogen and oxygen atoms in total. The molecule has 0 aromatic heterocycles. The second-order valence-electron chi connectivity index (χ2n) is 6.23.